The molecule has 1 heterocycles. The normalized spacial score (nSPS) is 10.4. The van der Waals surface area contributed by atoms with Crippen LogP contribution in [-0.4, -0.2) is 50.4 Å². The molecule has 1 amide bonds. The molecule has 0 aliphatic rings. The Kier molecular flexibility index (Phi) is 4.84. The summed E-state index contributed by atoms with van der Waals surface area (Å²) in [6.45, 7) is 6.16. The molecule has 0 bridgehead atoms. The Bertz CT molecular complexity index is 623. The number of amides is 1. The Morgan fingerprint density at radius 3 is 2.90 bits per heavy atom. The summed E-state index contributed by atoms with van der Waals surface area (Å²) in [5.74, 6) is -0.128. The lowest BCUT2D eigenvalue weighted by atomic mass is 10.1. The van der Waals surface area contributed by atoms with Gasteiger partial charge < -0.3 is 10.0 Å². The number of aromatic nitrogens is 3. The molecule has 0 spiro atoms. The van der Waals surface area contributed by atoms with Gasteiger partial charge in [-0.2, -0.15) is 5.10 Å². The highest BCUT2D eigenvalue weighted by Gasteiger charge is 2.15. The average molecular weight is 286 g/mol. The van der Waals surface area contributed by atoms with Gasteiger partial charge in [-0.3, -0.25) is 4.79 Å². The van der Waals surface area contributed by atoms with Gasteiger partial charge in [0.1, 0.15) is 12.7 Å². The highest BCUT2D eigenvalue weighted by molar-refractivity contribution is 5.94. The van der Waals surface area contributed by atoms with Gasteiger partial charge in [0.05, 0.1) is 12.3 Å². The molecule has 0 aliphatic carbocycles. The first-order chi connectivity index (χ1) is 10.2. The summed E-state index contributed by atoms with van der Waals surface area (Å²) in [6.07, 6.45) is 4.72. The van der Waals surface area contributed by atoms with E-state index in [0.29, 0.717) is 12.1 Å². The fourth-order valence-corrected chi connectivity index (χ4v) is 2.11. The van der Waals surface area contributed by atoms with E-state index in [2.05, 4.69) is 16.7 Å². The van der Waals surface area contributed by atoms with E-state index in [-0.39, 0.29) is 19.1 Å². The van der Waals surface area contributed by atoms with Crippen LogP contribution in [0.1, 0.15) is 15.9 Å². The van der Waals surface area contributed by atoms with E-state index in [9.17, 15) is 4.79 Å². The highest BCUT2D eigenvalue weighted by Crippen LogP contribution is 2.16. The van der Waals surface area contributed by atoms with Gasteiger partial charge in [0.15, 0.2) is 0 Å². The van der Waals surface area contributed by atoms with Crippen LogP contribution >= 0.6 is 0 Å². The SMILES string of the molecule is C=CCN(CCO)C(=O)c1ccc(-n2cncn2)c(C)c1. The zero-order chi connectivity index (χ0) is 15.2. The van der Waals surface area contributed by atoms with Gasteiger partial charge in [0.25, 0.3) is 5.91 Å². The summed E-state index contributed by atoms with van der Waals surface area (Å²) in [5, 5.41) is 13.1. The maximum atomic E-state index is 12.4. The largest absolute Gasteiger partial charge is 0.395 e. The third kappa shape index (κ3) is 3.35. The zero-order valence-corrected chi connectivity index (χ0v) is 11.9. The molecule has 0 aliphatic heterocycles. The van der Waals surface area contributed by atoms with E-state index in [4.69, 9.17) is 5.11 Å². The van der Waals surface area contributed by atoms with E-state index < -0.39 is 0 Å². The van der Waals surface area contributed by atoms with E-state index in [0.717, 1.165) is 11.3 Å². The molecular weight excluding hydrogens is 268 g/mol. The molecular formula is C15H18N4O2. The summed E-state index contributed by atoms with van der Waals surface area (Å²) in [6, 6.07) is 5.40. The van der Waals surface area contributed by atoms with Crippen molar-refractivity contribution in [1.29, 1.82) is 0 Å². The zero-order valence-electron chi connectivity index (χ0n) is 11.9. The number of carbonyl (C=O) groups is 1. The first kappa shape index (κ1) is 14.9. The summed E-state index contributed by atoms with van der Waals surface area (Å²) < 4.78 is 1.65. The Hall–Kier alpha value is -2.47. The molecule has 6 nitrogen and oxygen atoms in total. The Morgan fingerprint density at radius 2 is 2.33 bits per heavy atom. The number of hydrogen-bond acceptors (Lipinski definition) is 4. The molecule has 0 saturated heterocycles. The summed E-state index contributed by atoms with van der Waals surface area (Å²) in [4.78, 5) is 17.9. The van der Waals surface area contributed by atoms with Crippen molar-refractivity contribution in [1.82, 2.24) is 19.7 Å². The molecule has 0 radical (unpaired) electrons. The van der Waals surface area contributed by atoms with Crippen LogP contribution in [0.5, 0.6) is 0 Å². The van der Waals surface area contributed by atoms with Gasteiger partial charge in [-0.1, -0.05) is 6.08 Å². The summed E-state index contributed by atoms with van der Waals surface area (Å²) in [5.41, 5.74) is 2.38. The predicted octanol–water partition coefficient (Wildman–Crippen LogP) is 1.20. The van der Waals surface area contributed by atoms with Crippen LogP contribution in [0.4, 0.5) is 0 Å². The molecule has 1 aromatic heterocycles. The minimum Gasteiger partial charge on any atom is -0.395 e. The van der Waals surface area contributed by atoms with Crippen LogP contribution in [0.25, 0.3) is 5.69 Å². The fraction of sp³-hybridized carbons (Fsp3) is 0.267. The number of hydrogen-bond donors (Lipinski definition) is 1. The van der Waals surface area contributed by atoms with Crippen molar-refractivity contribution < 1.29 is 9.90 Å². The smallest absolute Gasteiger partial charge is 0.254 e. The molecule has 6 heteroatoms. The third-order valence-corrected chi connectivity index (χ3v) is 3.12. The van der Waals surface area contributed by atoms with Crippen LogP contribution in [0, 0.1) is 6.92 Å². The first-order valence-electron chi connectivity index (χ1n) is 6.64. The molecule has 0 atom stereocenters. The topological polar surface area (TPSA) is 71.2 Å². The van der Waals surface area contributed by atoms with Crippen LogP contribution < -0.4 is 0 Å². The van der Waals surface area contributed by atoms with E-state index in [1.807, 2.05) is 19.1 Å². The van der Waals surface area contributed by atoms with Crippen LogP contribution in [0.3, 0.4) is 0 Å². The minimum absolute atomic E-state index is 0.0738. The van der Waals surface area contributed by atoms with Crippen molar-refractivity contribution in [3.63, 3.8) is 0 Å². The number of aliphatic hydroxyl groups excluding tert-OH is 1. The van der Waals surface area contributed by atoms with Gasteiger partial charge >= 0.3 is 0 Å². The van der Waals surface area contributed by atoms with Crippen molar-refractivity contribution in [2.75, 3.05) is 19.7 Å². The number of aryl methyl sites for hydroxylation is 1. The number of nitrogens with zero attached hydrogens (tertiary/aromatic N) is 4. The highest BCUT2D eigenvalue weighted by atomic mass is 16.3. The number of carbonyl (C=O) groups excluding carboxylic acids is 1. The summed E-state index contributed by atoms with van der Waals surface area (Å²) >= 11 is 0. The Labute approximate surface area is 123 Å². The monoisotopic (exact) mass is 286 g/mol. The minimum atomic E-state index is -0.128. The van der Waals surface area contributed by atoms with Crippen molar-refractivity contribution in [2.45, 2.75) is 6.92 Å². The molecule has 2 aromatic rings. The van der Waals surface area contributed by atoms with Crippen molar-refractivity contribution in [3.05, 3.63) is 54.6 Å². The molecule has 0 saturated carbocycles. The summed E-state index contributed by atoms with van der Waals surface area (Å²) in [7, 11) is 0. The fourth-order valence-electron chi connectivity index (χ4n) is 2.11. The molecule has 21 heavy (non-hydrogen) atoms. The first-order valence-corrected chi connectivity index (χ1v) is 6.64. The predicted molar refractivity (Wildman–Crippen MR) is 79.3 cm³/mol. The Balaban J connectivity index is 2.26. The lowest BCUT2D eigenvalue weighted by molar-refractivity contribution is 0.0743. The number of aliphatic hydroxyl groups is 1. The molecule has 1 N–H and O–H groups in total. The molecule has 0 fully saturated rings. The van der Waals surface area contributed by atoms with Crippen LogP contribution in [0.15, 0.2) is 43.5 Å². The lowest BCUT2D eigenvalue weighted by Crippen LogP contribution is -2.33. The quantitative estimate of drug-likeness (QED) is 0.810. The maximum Gasteiger partial charge on any atom is 0.254 e. The molecule has 1 aromatic carbocycles. The maximum absolute atomic E-state index is 12.4. The van der Waals surface area contributed by atoms with Gasteiger partial charge in [0, 0.05) is 18.7 Å². The van der Waals surface area contributed by atoms with Gasteiger partial charge in [-0.15, -0.1) is 6.58 Å². The number of benzene rings is 1. The van der Waals surface area contributed by atoms with Crippen LogP contribution in [-0.2, 0) is 0 Å². The molecule has 0 unspecified atom stereocenters. The van der Waals surface area contributed by atoms with E-state index in [1.165, 1.54) is 6.33 Å². The van der Waals surface area contributed by atoms with Crippen molar-refractivity contribution in [2.24, 2.45) is 0 Å². The van der Waals surface area contributed by atoms with Crippen molar-refractivity contribution >= 4 is 5.91 Å². The number of rotatable bonds is 6. The lowest BCUT2D eigenvalue weighted by Gasteiger charge is -2.20. The third-order valence-electron chi connectivity index (χ3n) is 3.12. The van der Waals surface area contributed by atoms with E-state index in [1.54, 1.807) is 28.1 Å². The van der Waals surface area contributed by atoms with Gasteiger partial charge in [-0.25, -0.2) is 9.67 Å². The second-order valence-corrected chi connectivity index (χ2v) is 4.60. The average Bonchev–Trinajstić information content (AvgIpc) is 3.00. The molecule has 2 rings (SSSR count). The van der Waals surface area contributed by atoms with Gasteiger partial charge in [-0.05, 0) is 30.7 Å². The second-order valence-electron chi connectivity index (χ2n) is 4.60. The van der Waals surface area contributed by atoms with E-state index >= 15 is 0 Å². The van der Waals surface area contributed by atoms with Crippen molar-refractivity contribution in [3.8, 4) is 5.69 Å². The second kappa shape index (κ2) is 6.81. The van der Waals surface area contributed by atoms with Crippen LogP contribution in [0.2, 0.25) is 0 Å². The standard InChI is InChI=1S/C15H18N4O2/c1-3-6-18(7-8-20)15(21)13-4-5-14(12(2)9-13)19-11-16-10-17-19/h3-5,9-11,20H,1,6-8H2,2H3. The molecule has 110 valence electrons. The van der Waals surface area contributed by atoms with Gasteiger partial charge in [0.2, 0.25) is 0 Å². The Morgan fingerprint density at radius 1 is 1.52 bits per heavy atom.